The van der Waals surface area contributed by atoms with Gasteiger partial charge in [-0.05, 0) is 6.07 Å². The van der Waals surface area contributed by atoms with E-state index in [4.69, 9.17) is 34.8 Å². The normalized spacial score (nSPS) is 13.2. The van der Waals surface area contributed by atoms with Crippen molar-refractivity contribution in [2.75, 3.05) is 0 Å². The van der Waals surface area contributed by atoms with Gasteiger partial charge in [-0.25, -0.2) is 4.98 Å². The summed E-state index contributed by atoms with van der Waals surface area (Å²) in [4.78, 5) is 6.25. The van der Waals surface area contributed by atoms with Crippen LogP contribution >= 0.6 is 34.8 Å². The second-order valence-electron chi connectivity index (χ2n) is 3.47. The molecule has 2 rings (SSSR count). The van der Waals surface area contributed by atoms with Gasteiger partial charge in [0.2, 0.25) is 3.79 Å². The summed E-state index contributed by atoms with van der Waals surface area (Å²) in [6, 6.07) is 1.56. The van der Waals surface area contributed by atoms with Gasteiger partial charge in [0, 0.05) is 6.07 Å². The first-order chi connectivity index (χ1) is 8.09. The molecule has 0 saturated carbocycles. The molecule has 9 heteroatoms. The summed E-state index contributed by atoms with van der Waals surface area (Å²) in [6.45, 7) is 0. The van der Waals surface area contributed by atoms with E-state index in [1.54, 1.807) is 0 Å². The van der Waals surface area contributed by atoms with Gasteiger partial charge in [0.15, 0.2) is 5.82 Å². The van der Waals surface area contributed by atoms with Crippen molar-refractivity contribution >= 4 is 45.8 Å². The molecule has 1 aromatic carbocycles. The molecule has 0 fully saturated rings. The molecule has 1 heterocycles. The number of fused-ring (bicyclic) bond motifs is 1. The Morgan fingerprint density at radius 1 is 1.17 bits per heavy atom. The van der Waals surface area contributed by atoms with Crippen molar-refractivity contribution in [1.29, 1.82) is 0 Å². The molecule has 0 saturated heterocycles. The van der Waals surface area contributed by atoms with E-state index in [1.165, 1.54) is 0 Å². The Morgan fingerprint density at radius 3 is 2.28 bits per heavy atom. The van der Waals surface area contributed by atoms with Gasteiger partial charge >= 0.3 is 6.18 Å². The zero-order chi connectivity index (χ0) is 13.7. The number of hydrogen-bond acceptors (Lipinski definition) is 2. The predicted octanol–water partition coefficient (Wildman–Crippen LogP) is 4.11. The number of halogens is 6. The first-order valence-corrected chi connectivity index (χ1v) is 5.59. The first kappa shape index (κ1) is 13.6. The molecule has 0 aliphatic rings. The zero-order valence-electron chi connectivity index (χ0n) is 8.32. The summed E-state index contributed by atoms with van der Waals surface area (Å²) in [5, 5.41) is 9.28. The van der Waals surface area contributed by atoms with Crippen LogP contribution in [0, 0.1) is 0 Å². The van der Waals surface area contributed by atoms with E-state index in [0.717, 1.165) is 6.07 Å². The van der Waals surface area contributed by atoms with Crippen LogP contribution in [-0.2, 0) is 9.97 Å². The summed E-state index contributed by atoms with van der Waals surface area (Å²) in [7, 11) is 0. The van der Waals surface area contributed by atoms with Crippen LogP contribution in [-0.4, -0.2) is 15.1 Å². The number of aromatic nitrogens is 2. The molecule has 0 spiro atoms. The monoisotopic (exact) mass is 318 g/mol. The van der Waals surface area contributed by atoms with Crippen LogP contribution in [0.4, 0.5) is 13.2 Å². The van der Waals surface area contributed by atoms with Gasteiger partial charge in [0.1, 0.15) is 5.75 Å². The van der Waals surface area contributed by atoms with Gasteiger partial charge in [-0.2, -0.15) is 13.2 Å². The average Bonchev–Trinajstić information content (AvgIpc) is 2.56. The van der Waals surface area contributed by atoms with Crippen molar-refractivity contribution in [3.05, 3.63) is 23.5 Å². The summed E-state index contributed by atoms with van der Waals surface area (Å²) in [6.07, 6.45) is -4.68. The molecule has 3 nitrogen and oxygen atoms in total. The maximum absolute atomic E-state index is 12.5. The summed E-state index contributed by atoms with van der Waals surface area (Å²) < 4.78 is 35.8. The molecule has 0 unspecified atom stereocenters. The highest BCUT2D eigenvalue weighted by Crippen LogP contribution is 2.40. The highest BCUT2D eigenvalue weighted by molar-refractivity contribution is 6.66. The van der Waals surface area contributed by atoms with E-state index in [1.807, 2.05) is 0 Å². The molecule has 1 aromatic heterocycles. The third-order valence-electron chi connectivity index (χ3n) is 2.17. The third kappa shape index (κ3) is 2.46. The van der Waals surface area contributed by atoms with Crippen LogP contribution in [0.2, 0.25) is 0 Å². The summed E-state index contributed by atoms with van der Waals surface area (Å²) in [5.41, 5.74) is -1.10. The summed E-state index contributed by atoms with van der Waals surface area (Å²) >= 11 is 16.7. The van der Waals surface area contributed by atoms with Gasteiger partial charge in [-0.1, -0.05) is 34.8 Å². The van der Waals surface area contributed by atoms with E-state index < -0.39 is 21.3 Å². The van der Waals surface area contributed by atoms with E-state index in [9.17, 15) is 18.3 Å². The highest BCUT2D eigenvalue weighted by atomic mass is 35.6. The van der Waals surface area contributed by atoms with Crippen LogP contribution in [0.1, 0.15) is 11.4 Å². The molecule has 18 heavy (non-hydrogen) atoms. The quantitative estimate of drug-likeness (QED) is 0.718. The number of aromatic amines is 1. The van der Waals surface area contributed by atoms with Crippen molar-refractivity contribution in [2.45, 2.75) is 9.97 Å². The minimum absolute atomic E-state index is 0.0152. The minimum atomic E-state index is -4.68. The molecule has 0 amide bonds. The Balaban J connectivity index is 2.65. The Kier molecular flexibility index (Phi) is 3.08. The number of aromatic hydroxyl groups is 1. The van der Waals surface area contributed by atoms with E-state index in [2.05, 4.69) is 9.97 Å². The van der Waals surface area contributed by atoms with Crippen LogP contribution in [0.25, 0.3) is 11.0 Å². The molecular weight excluding hydrogens is 315 g/mol. The lowest BCUT2D eigenvalue weighted by atomic mass is 10.1. The van der Waals surface area contributed by atoms with Crippen LogP contribution < -0.4 is 0 Å². The maximum Gasteiger partial charge on any atom is 0.420 e. The van der Waals surface area contributed by atoms with Gasteiger partial charge < -0.3 is 10.1 Å². The molecule has 0 bridgehead atoms. The fraction of sp³-hybridized carbons (Fsp3) is 0.222. The number of nitrogens with one attached hydrogen (secondary N) is 1. The number of hydrogen-bond donors (Lipinski definition) is 2. The second kappa shape index (κ2) is 4.08. The van der Waals surface area contributed by atoms with Gasteiger partial charge in [0.05, 0.1) is 16.6 Å². The van der Waals surface area contributed by atoms with Crippen LogP contribution in [0.15, 0.2) is 12.1 Å². The molecule has 2 aromatic rings. The Bertz CT molecular complexity index is 603. The standard InChI is InChI=1S/C9H4Cl3F3N2O/c10-8(11,12)7-16-4-1-3(9(13,14)15)6(18)2-5(4)17-7/h1-2,18H,(H,16,17). The van der Waals surface area contributed by atoms with Crippen molar-refractivity contribution in [2.24, 2.45) is 0 Å². The van der Waals surface area contributed by atoms with E-state index in [0.29, 0.717) is 6.07 Å². The lowest BCUT2D eigenvalue weighted by Gasteiger charge is -2.08. The molecular formula is C9H4Cl3F3N2O. The minimum Gasteiger partial charge on any atom is -0.507 e. The maximum atomic E-state index is 12.5. The molecule has 0 atom stereocenters. The largest absolute Gasteiger partial charge is 0.507 e. The Morgan fingerprint density at radius 2 is 1.78 bits per heavy atom. The fourth-order valence-electron chi connectivity index (χ4n) is 1.41. The number of rotatable bonds is 0. The van der Waals surface area contributed by atoms with E-state index >= 15 is 0 Å². The lowest BCUT2D eigenvalue weighted by Crippen LogP contribution is -2.05. The number of phenolic OH excluding ortho intramolecular Hbond substituents is 1. The molecule has 2 N–H and O–H groups in total. The first-order valence-electron chi connectivity index (χ1n) is 4.46. The van der Waals surface area contributed by atoms with E-state index in [-0.39, 0.29) is 16.9 Å². The lowest BCUT2D eigenvalue weighted by molar-refractivity contribution is -0.138. The average molecular weight is 319 g/mol. The van der Waals surface area contributed by atoms with Crippen LogP contribution in [0.3, 0.4) is 0 Å². The van der Waals surface area contributed by atoms with Crippen LogP contribution in [0.5, 0.6) is 5.75 Å². The number of benzene rings is 1. The smallest absolute Gasteiger partial charge is 0.420 e. The number of nitrogens with zero attached hydrogens (tertiary/aromatic N) is 1. The fourth-order valence-corrected chi connectivity index (χ4v) is 1.68. The number of phenols is 1. The predicted molar refractivity (Wildman–Crippen MR) is 62.0 cm³/mol. The third-order valence-corrected chi connectivity index (χ3v) is 2.71. The van der Waals surface area contributed by atoms with Gasteiger partial charge in [-0.15, -0.1) is 0 Å². The second-order valence-corrected chi connectivity index (χ2v) is 5.75. The number of H-pyrrole nitrogens is 1. The van der Waals surface area contributed by atoms with Crippen molar-refractivity contribution in [3.63, 3.8) is 0 Å². The number of imidazole rings is 1. The van der Waals surface area contributed by atoms with Gasteiger partial charge in [-0.3, -0.25) is 0 Å². The number of alkyl halides is 6. The topological polar surface area (TPSA) is 48.9 Å². The SMILES string of the molecule is Oc1cc2nc(C(Cl)(Cl)Cl)[nH]c2cc1C(F)(F)F. The summed E-state index contributed by atoms with van der Waals surface area (Å²) in [5.74, 6) is -1.06. The molecule has 0 aliphatic heterocycles. The van der Waals surface area contributed by atoms with Crippen molar-refractivity contribution in [1.82, 2.24) is 9.97 Å². The molecule has 0 aliphatic carbocycles. The van der Waals surface area contributed by atoms with Gasteiger partial charge in [0.25, 0.3) is 0 Å². The van der Waals surface area contributed by atoms with Crippen molar-refractivity contribution < 1.29 is 18.3 Å². The van der Waals surface area contributed by atoms with Crippen molar-refractivity contribution in [3.8, 4) is 5.75 Å². The molecule has 0 radical (unpaired) electrons. The Labute approximate surface area is 113 Å². The highest BCUT2D eigenvalue weighted by Gasteiger charge is 2.35. The Hall–Kier alpha value is -0.850. The molecule has 98 valence electrons. The zero-order valence-corrected chi connectivity index (χ0v) is 10.6.